The van der Waals surface area contributed by atoms with E-state index >= 15 is 0 Å². The van der Waals surface area contributed by atoms with E-state index in [1.165, 1.54) is 33.5 Å². The first-order valence-electron chi connectivity index (χ1n) is 12.2. The zero-order valence-corrected chi connectivity index (χ0v) is 27.1. The maximum absolute atomic E-state index is 12.8. The number of sulfone groups is 1. The molecule has 0 amide bonds. The first kappa shape index (κ1) is 32.8. The van der Waals surface area contributed by atoms with E-state index in [0.29, 0.717) is 27.1 Å². The Morgan fingerprint density at radius 3 is 2.15 bits per heavy atom. The predicted molar refractivity (Wildman–Crippen MR) is 155 cm³/mol. The SMILES string of the molecule is COC(=O)CNCS(=O)(=O)c1ccc(CC(C#N)(O[Si](C)(C)C(C)(C)C)c2c(OC)ccc(Br)c2OC)cc1. The number of nitrogens with one attached hydrogen (secondary N) is 1. The Balaban J connectivity index is 2.60. The van der Waals surface area contributed by atoms with Crippen molar-refractivity contribution in [2.24, 2.45) is 0 Å². The summed E-state index contributed by atoms with van der Waals surface area (Å²) in [6.45, 7) is 10.2. The molecule has 1 unspecified atom stereocenters. The normalized spacial score (nSPS) is 13.7. The second kappa shape index (κ2) is 12.8. The molecule has 0 radical (unpaired) electrons. The van der Waals surface area contributed by atoms with E-state index in [4.69, 9.17) is 13.9 Å². The van der Waals surface area contributed by atoms with E-state index in [-0.39, 0.29) is 22.9 Å². The molecule has 214 valence electrons. The van der Waals surface area contributed by atoms with Crippen molar-refractivity contribution in [1.82, 2.24) is 5.32 Å². The minimum Gasteiger partial charge on any atom is -0.496 e. The van der Waals surface area contributed by atoms with Gasteiger partial charge in [-0.1, -0.05) is 32.9 Å². The van der Waals surface area contributed by atoms with Crippen LogP contribution >= 0.6 is 15.9 Å². The summed E-state index contributed by atoms with van der Waals surface area (Å²) in [5.74, 6) is -0.130. The van der Waals surface area contributed by atoms with Crippen LogP contribution in [0.25, 0.3) is 0 Å². The highest BCUT2D eigenvalue weighted by atomic mass is 79.9. The summed E-state index contributed by atoms with van der Waals surface area (Å²) in [6.07, 6.45) is 0.111. The van der Waals surface area contributed by atoms with Gasteiger partial charge in [0, 0.05) is 6.42 Å². The molecule has 0 aromatic heterocycles. The molecule has 1 N–H and O–H groups in total. The van der Waals surface area contributed by atoms with E-state index < -0.39 is 35.6 Å². The van der Waals surface area contributed by atoms with Crippen LogP contribution in [0.3, 0.4) is 0 Å². The van der Waals surface area contributed by atoms with E-state index in [9.17, 15) is 18.5 Å². The Hall–Kier alpha value is -2.43. The summed E-state index contributed by atoms with van der Waals surface area (Å²) in [5.41, 5.74) is -0.370. The molecule has 2 aromatic rings. The number of halogens is 1. The van der Waals surface area contributed by atoms with Crippen molar-refractivity contribution in [3.8, 4) is 17.6 Å². The van der Waals surface area contributed by atoms with Crippen LogP contribution < -0.4 is 14.8 Å². The van der Waals surface area contributed by atoms with Gasteiger partial charge in [0.1, 0.15) is 23.4 Å². The number of nitrogens with zero attached hydrogens (tertiary/aromatic N) is 1. The Morgan fingerprint density at radius 2 is 1.67 bits per heavy atom. The third kappa shape index (κ3) is 7.61. The highest BCUT2D eigenvalue weighted by Gasteiger charge is 2.49. The maximum atomic E-state index is 12.8. The van der Waals surface area contributed by atoms with Gasteiger partial charge in [0.25, 0.3) is 0 Å². The predicted octanol–water partition coefficient (Wildman–Crippen LogP) is 4.94. The molecule has 12 heteroatoms. The standard InChI is InChI=1S/C27H37BrN2O7SSi/c1-26(2,3)39(7,8)37-27(17-29,24-22(34-4)14-13-21(28)25(24)36-6)15-19-9-11-20(12-10-19)38(32,33)18-30-16-23(31)35-5/h9-14,30H,15-16,18H2,1-8H3. The van der Waals surface area contributed by atoms with Crippen molar-refractivity contribution in [3.63, 3.8) is 0 Å². The fraction of sp³-hybridized carbons (Fsp3) is 0.481. The molecule has 0 bridgehead atoms. The van der Waals surface area contributed by atoms with Crippen LogP contribution in [-0.4, -0.2) is 56.5 Å². The minimum absolute atomic E-state index is 0.0779. The van der Waals surface area contributed by atoms with Gasteiger partial charge in [-0.25, -0.2) is 8.42 Å². The molecule has 0 aliphatic carbocycles. The van der Waals surface area contributed by atoms with Gasteiger partial charge in [-0.05, 0) is 63.9 Å². The highest BCUT2D eigenvalue weighted by molar-refractivity contribution is 9.10. The second-order valence-electron chi connectivity index (χ2n) is 10.5. The van der Waals surface area contributed by atoms with Gasteiger partial charge in [-0.2, -0.15) is 5.26 Å². The van der Waals surface area contributed by atoms with Crippen LogP contribution in [0.4, 0.5) is 0 Å². The number of hydrogen-bond donors (Lipinski definition) is 1. The number of ether oxygens (including phenoxy) is 3. The lowest BCUT2D eigenvalue weighted by atomic mass is 9.87. The van der Waals surface area contributed by atoms with Crippen LogP contribution in [-0.2, 0) is 35.8 Å². The molecule has 2 rings (SSSR count). The van der Waals surface area contributed by atoms with Crippen molar-refractivity contribution in [3.05, 3.63) is 52.0 Å². The second-order valence-corrected chi connectivity index (χ2v) is 18.1. The quantitative estimate of drug-likeness (QED) is 0.254. The number of hydrogen-bond acceptors (Lipinski definition) is 9. The fourth-order valence-electron chi connectivity index (χ4n) is 3.72. The largest absolute Gasteiger partial charge is 0.496 e. The van der Waals surface area contributed by atoms with Gasteiger partial charge in [0.15, 0.2) is 23.8 Å². The van der Waals surface area contributed by atoms with Crippen molar-refractivity contribution >= 4 is 40.1 Å². The third-order valence-corrected chi connectivity index (χ3v) is 13.5. The molecular formula is C27H37BrN2O7SSi. The summed E-state index contributed by atoms with van der Waals surface area (Å²) in [5, 5.41) is 13.1. The van der Waals surface area contributed by atoms with Crippen molar-refractivity contribution in [2.75, 3.05) is 33.8 Å². The number of benzene rings is 2. The summed E-state index contributed by atoms with van der Waals surface area (Å²) in [4.78, 5) is 11.4. The third-order valence-electron chi connectivity index (χ3n) is 6.84. The highest BCUT2D eigenvalue weighted by Crippen LogP contribution is 2.49. The maximum Gasteiger partial charge on any atom is 0.319 e. The van der Waals surface area contributed by atoms with Gasteiger partial charge >= 0.3 is 5.97 Å². The van der Waals surface area contributed by atoms with Crippen molar-refractivity contribution in [2.45, 2.75) is 55.8 Å². The summed E-state index contributed by atoms with van der Waals surface area (Å²) in [7, 11) is -1.99. The molecular weight excluding hydrogens is 604 g/mol. The zero-order chi connectivity index (χ0) is 29.6. The number of carbonyl (C=O) groups excluding carboxylic acids is 1. The van der Waals surface area contributed by atoms with Crippen LogP contribution in [0.1, 0.15) is 31.9 Å². The molecule has 39 heavy (non-hydrogen) atoms. The zero-order valence-electron chi connectivity index (χ0n) is 23.7. The fourth-order valence-corrected chi connectivity index (χ4v) is 6.70. The van der Waals surface area contributed by atoms with Gasteiger partial charge in [-0.15, -0.1) is 0 Å². The number of methoxy groups -OCH3 is 3. The Morgan fingerprint density at radius 1 is 1.05 bits per heavy atom. The summed E-state index contributed by atoms with van der Waals surface area (Å²) in [6, 6.07) is 12.2. The van der Waals surface area contributed by atoms with Crippen LogP contribution in [0.2, 0.25) is 18.1 Å². The molecule has 0 saturated heterocycles. The molecule has 0 spiro atoms. The van der Waals surface area contributed by atoms with E-state index in [2.05, 4.69) is 65.9 Å². The molecule has 0 aliphatic rings. The topological polar surface area (TPSA) is 124 Å². The van der Waals surface area contributed by atoms with Gasteiger partial charge in [0.2, 0.25) is 0 Å². The monoisotopic (exact) mass is 640 g/mol. The molecule has 1 atom stereocenters. The van der Waals surface area contributed by atoms with Crippen molar-refractivity contribution in [1.29, 1.82) is 5.26 Å². The van der Waals surface area contributed by atoms with Gasteiger partial charge < -0.3 is 18.6 Å². The number of carbonyl (C=O) groups is 1. The minimum atomic E-state index is -3.71. The average Bonchev–Trinajstić information content (AvgIpc) is 2.87. The van der Waals surface area contributed by atoms with E-state index in [1.807, 2.05) is 0 Å². The Labute approximate surface area is 241 Å². The molecule has 0 aliphatic heterocycles. The van der Waals surface area contributed by atoms with Crippen molar-refractivity contribution < 1.29 is 31.8 Å². The first-order valence-corrected chi connectivity index (χ1v) is 17.5. The lowest BCUT2D eigenvalue weighted by Gasteiger charge is -2.43. The van der Waals surface area contributed by atoms with Crippen LogP contribution in [0.5, 0.6) is 11.5 Å². The van der Waals surface area contributed by atoms with Gasteiger partial charge in [-0.3, -0.25) is 10.1 Å². The van der Waals surface area contributed by atoms with Crippen LogP contribution in [0, 0.1) is 11.3 Å². The summed E-state index contributed by atoms with van der Waals surface area (Å²) >= 11 is 3.53. The first-order chi connectivity index (χ1) is 18.1. The lowest BCUT2D eigenvalue weighted by Crippen LogP contribution is -2.49. The molecule has 9 nitrogen and oxygen atoms in total. The molecule has 0 heterocycles. The Kier molecular flexibility index (Phi) is 10.8. The number of esters is 1. The number of nitriles is 1. The molecule has 2 aromatic carbocycles. The smallest absolute Gasteiger partial charge is 0.319 e. The Bertz CT molecular complexity index is 1320. The van der Waals surface area contributed by atoms with E-state index in [0.717, 1.165) is 0 Å². The van der Waals surface area contributed by atoms with Crippen LogP contribution in [0.15, 0.2) is 45.8 Å². The average molecular weight is 642 g/mol. The molecule has 0 fully saturated rings. The molecule has 0 saturated carbocycles. The van der Waals surface area contributed by atoms with Gasteiger partial charge in [0.05, 0.1) is 42.8 Å². The lowest BCUT2D eigenvalue weighted by molar-refractivity contribution is -0.139. The van der Waals surface area contributed by atoms with E-state index in [1.54, 1.807) is 24.3 Å². The number of rotatable bonds is 12. The summed E-state index contributed by atoms with van der Waals surface area (Å²) < 4.78 is 49.0.